The molecule has 1 heterocycles. The van der Waals surface area contributed by atoms with Crippen LogP contribution in [0.2, 0.25) is 0 Å². The normalized spacial score (nSPS) is 31.4. The molecule has 0 aromatic heterocycles. The minimum atomic E-state index is -1.12. The number of ether oxygens (including phenoxy) is 1. The first kappa shape index (κ1) is 23.6. The third kappa shape index (κ3) is 6.97. The van der Waals surface area contributed by atoms with Crippen LogP contribution < -0.4 is 5.32 Å². The van der Waals surface area contributed by atoms with E-state index in [1.807, 2.05) is 0 Å². The Morgan fingerprint density at radius 1 is 0.929 bits per heavy atom. The number of carbonyl (C=O) groups is 1. The average molecular weight is 400 g/mol. The zero-order valence-electron chi connectivity index (χ0n) is 17.6. The van der Waals surface area contributed by atoms with Crippen molar-refractivity contribution in [2.24, 2.45) is 0 Å². The summed E-state index contributed by atoms with van der Waals surface area (Å²) in [5, 5.41) is 32.5. The molecule has 6 heteroatoms. The lowest BCUT2D eigenvalue weighted by Gasteiger charge is -2.14. The number of hydrogen-bond donors (Lipinski definition) is 4. The standard InChI is InChI=1S/C22H41NO5/c1-2-3-4-5-6-7-8-9-10-11-12-13-14-23-19(25)15-17-20(26)21(27)22(28-17)16-18(22)24/h17-18,20-21,24,26-27H,2-16H2,1H3,(H,23,25)/t17-,18?,20+,21-,22?/m1/s1. The maximum absolute atomic E-state index is 12.0. The van der Waals surface area contributed by atoms with Crippen molar-refractivity contribution >= 4 is 5.91 Å². The second-order valence-corrected chi connectivity index (χ2v) is 8.71. The third-order valence-corrected chi connectivity index (χ3v) is 6.23. The topological polar surface area (TPSA) is 99.0 Å². The van der Waals surface area contributed by atoms with Gasteiger partial charge >= 0.3 is 0 Å². The van der Waals surface area contributed by atoms with E-state index in [2.05, 4.69) is 12.2 Å². The fourth-order valence-electron chi connectivity index (χ4n) is 4.21. The van der Waals surface area contributed by atoms with E-state index in [0.717, 1.165) is 12.8 Å². The zero-order chi connectivity index (χ0) is 20.4. The number of aliphatic hydroxyl groups is 3. The van der Waals surface area contributed by atoms with E-state index in [1.54, 1.807) is 0 Å². The minimum absolute atomic E-state index is 0.0188. The van der Waals surface area contributed by atoms with E-state index in [4.69, 9.17) is 4.74 Å². The highest BCUT2D eigenvalue weighted by molar-refractivity contribution is 5.76. The smallest absolute Gasteiger partial charge is 0.222 e. The molecule has 28 heavy (non-hydrogen) atoms. The Labute approximate surface area is 170 Å². The second-order valence-electron chi connectivity index (χ2n) is 8.71. The van der Waals surface area contributed by atoms with Gasteiger partial charge in [-0.25, -0.2) is 0 Å². The number of unbranched alkanes of at least 4 members (excludes halogenated alkanes) is 11. The number of carbonyl (C=O) groups excluding carboxylic acids is 1. The van der Waals surface area contributed by atoms with Gasteiger partial charge in [-0.3, -0.25) is 4.79 Å². The van der Waals surface area contributed by atoms with Crippen LogP contribution >= 0.6 is 0 Å². The van der Waals surface area contributed by atoms with Crippen molar-refractivity contribution in [2.75, 3.05) is 6.54 Å². The second kappa shape index (κ2) is 12.1. The van der Waals surface area contributed by atoms with Crippen molar-refractivity contribution in [1.29, 1.82) is 0 Å². The Kier molecular flexibility index (Phi) is 10.2. The van der Waals surface area contributed by atoms with Crippen LogP contribution in [0.5, 0.6) is 0 Å². The molecule has 1 aliphatic heterocycles. The zero-order valence-corrected chi connectivity index (χ0v) is 17.6. The van der Waals surface area contributed by atoms with Crippen molar-refractivity contribution in [2.45, 2.75) is 127 Å². The van der Waals surface area contributed by atoms with Crippen LogP contribution in [-0.4, -0.2) is 57.8 Å². The Balaban J connectivity index is 1.40. The van der Waals surface area contributed by atoms with Gasteiger partial charge in [0.05, 0.1) is 18.6 Å². The lowest BCUT2D eigenvalue weighted by Crippen LogP contribution is -2.37. The summed E-state index contributed by atoms with van der Waals surface area (Å²) in [5.41, 5.74) is -1.04. The Hall–Kier alpha value is -0.690. The highest BCUT2D eigenvalue weighted by atomic mass is 16.6. The molecule has 1 amide bonds. The fourth-order valence-corrected chi connectivity index (χ4v) is 4.21. The Morgan fingerprint density at radius 2 is 1.43 bits per heavy atom. The maximum atomic E-state index is 12.0. The van der Waals surface area contributed by atoms with Gasteiger partial charge in [0.2, 0.25) is 5.91 Å². The quantitative estimate of drug-likeness (QED) is 0.317. The number of hydrogen-bond acceptors (Lipinski definition) is 5. The van der Waals surface area contributed by atoms with Crippen LogP contribution in [0.15, 0.2) is 0 Å². The Morgan fingerprint density at radius 3 is 1.89 bits per heavy atom. The summed E-state index contributed by atoms with van der Waals surface area (Å²) < 4.78 is 5.58. The fraction of sp³-hybridized carbons (Fsp3) is 0.955. The summed E-state index contributed by atoms with van der Waals surface area (Å²) in [4.78, 5) is 12.0. The van der Waals surface area contributed by atoms with Crippen LogP contribution in [0.3, 0.4) is 0 Å². The summed E-state index contributed by atoms with van der Waals surface area (Å²) in [6, 6.07) is 0. The van der Waals surface area contributed by atoms with E-state index < -0.39 is 30.0 Å². The van der Waals surface area contributed by atoms with E-state index in [1.165, 1.54) is 64.2 Å². The predicted molar refractivity (Wildman–Crippen MR) is 109 cm³/mol. The summed E-state index contributed by atoms with van der Waals surface area (Å²) in [6.07, 6.45) is 12.0. The number of amides is 1. The van der Waals surface area contributed by atoms with Crippen molar-refractivity contribution < 1.29 is 24.9 Å². The molecule has 4 N–H and O–H groups in total. The van der Waals surface area contributed by atoms with Gasteiger partial charge in [-0.1, -0.05) is 77.6 Å². The van der Waals surface area contributed by atoms with Gasteiger partial charge in [-0.05, 0) is 6.42 Å². The highest BCUT2D eigenvalue weighted by Gasteiger charge is 2.68. The molecule has 1 saturated carbocycles. The molecule has 0 radical (unpaired) electrons. The molecule has 1 spiro atoms. The molecule has 1 aliphatic carbocycles. The molecule has 0 bridgehead atoms. The van der Waals surface area contributed by atoms with E-state index in [-0.39, 0.29) is 12.3 Å². The molecule has 2 rings (SSSR count). The van der Waals surface area contributed by atoms with E-state index >= 15 is 0 Å². The molecule has 2 fully saturated rings. The lowest BCUT2D eigenvalue weighted by molar-refractivity contribution is -0.125. The number of rotatable bonds is 15. The molecule has 164 valence electrons. The molecule has 2 aliphatic rings. The molecule has 5 atom stereocenters. The summed E-state index contributed by atoms with van der Waals surface area (Å²) in [7, 11) is 0. The molecular weight excluding hydrogens is 358 g/mol. The van der Waals surface area contributed by atoms with Gasteiger partial charge in [-0.2, -0.15) is 0 Å². The van der Waals surface area contributed by atoms with Crippen molar-refractivity contribution in [3.63, 3.8) is 0 Å². The lowest BCUT2D eigenvalue weighted by atomic mass is 10.0. The van der Waals surface area contributed by atoms with Crippen LogP contribution in [0.25, 0.3) is 0 Å². The van der Waals surface area contributed by atoms with Gasteiger partial charge in [-0.15, -0.1) is 0 Å². The maximum Gasteiger partial charge on any atom is 0.222 e. The summed E-state index contributed by atoms with van der Waals surface area (Å²) >= 11 is 0. The van der Waals surface area contributed by atoms with Gasteiger partial charge < -0.3 is 25.4 Å². The summed E-state index contributed by atoms with van der Waals surface area (Å²) in [6.45, 7) is 2.88. The predicted octanol–water partition coefficient (Wildman–Crippen LogP) is 2.82. The number of nitrogens with one attached hydrogen (secondary N) is 1. The highest BCUT2D eigenvalue weighted by Crippen LogP contribution is 2.50. The Bertz CT molecular complexity index is 460. The first-order chi connectivity index (χ1) is 13.5. The van der Waals surface area contributed by atoms with Crippen LogP contribution in [0.4, 0.5) is 0 Å². The number of aliphatic hydroxyl groups excluding tert-OH is 3. The van der Waals surface area contributed by atoms with Crippen LogP contribution in [-0.2, 0) is 9.53 Å². The molecule has 6 nitrogen and oxygen atoms in total. The van der Waals surface area contributed by atoms with Gasteiger partial charge in [0.15, 0.2) is 0 Å². The molecule has 0 aromatic rings. The van der Waals surface area contributed by atoms with Crippen molar-refractivity contribution in [1.82, 2.24) is 5.32 Å². The first-order valence-electron chi connectivity index (χ1n) is 11.5. The van der Waals surface area contributed by atoms with Gasteiger partial charge in [0.25, 0.3) is 0 Å². The third-order valence-electron chi connectivity index (χ3n) is 6.23. The van der Waals surface area contributed by atoms with Gasteiger partial charge in [0.1, 0.15) is 17.8 Å². The van der Waals surface area contributed by atoms with Crippen molar-refractivity contribution in [3.8, 4) is 0 Å². The van der Waals surface area contributed by atoms with Gasteiger partial charge in [0, 0.05) is 13.0 Å². The molecule has 0 aromatic carbocycles. The summed E-state index contributed by atoms with van der Waals surface area (Å²) in [5.74, 6) is -0.175. The molecule has 1 saturated heterocycles. The molecular formula is C22H41NO5. The minimum Gasteiger partial charge on any atom is -0.390 e. The van der Waals surface area contributed by atoms with E-state index in [9.17, 15) is 20.1 Å². The van der Waals surface area contributed by atoms with Crippen LogP contribution in [0, 0.1) is 0 Å². The average Bonchev–Trinajstić information content (AvgIpc) is 3.27. The van der Waals surface area contributed by atoms with Crippen LogP contribution in [0.1, 0.15) is 96.8 Å². The monoisotopic (exact) mass is 399 g/mol. The molecule has 2 unspecified atom stereocenters. The largest absolute Gasteiger partial charge is 0.390 e. The first-order valence-corrected chi connectivity index (χ1v) is 11.5. The SMILES string of the molecule is CCCCCCCCCCCCCCNC(=O)C[C@H]1OC2(CC2O)[C@H](O)[C@H]1O. The van der Waals surface area contributed by atoms with E-state index in [0.29, 0.717) is 13.0 Å². The van der Waals surface area contributed by atoms with Crippen molar-refractivity contribution in [3.05, 3.63) is 0 Å².